The summed E-state index contributed by atoms with van der Waals surface area (Å²) in [5.41, 5.74) is -2.92. The van der Waals surface area contributed by atoms with Crippen LogP contribution in [0.5, 0.6) is 0 Å². The zero-order valence-electron chi connectivity index (χ0n) is 52.6. The Balaban J connectivity index is 0.780. The van der Waals surface area contributed by atoms with Gasteiger partial charge in [0.2, 0.25) is 0 Å². The van der Waals surface area contributed by atoms with E-state index in [-0.39, 0.29) is 36.4 Å². The molecule has 0 aromatic heterocycles. The van der Waals surface area contributed by atoms with Crippen molar-refractivity contribution in [1.82, 2.24) is 0 Å². The fourth-order valence-corrected chi connectivity index (χ4v) is 16.0. The van der Waals surface area contributed by atoms with Crippen LogP contribution in [-0.2, 0) is 75.9 Å². The lowest BCUT2D eigenvalue weighted by atomic mass is 9.46. The van der Waals surface area contributed by atoms with E-state index in [1.54, 1.807) is 13.0 Å². The Hall–Kier alpha value is -2.58. The van der Waals surface area contributed by atoms with Gasteiger partial charge in [-0.1, -0.05) is 25.5 Å². The number of carbonyl (C=O) groups is 2. The van der Waals surface area contributed by atoms with Gasteiger partial charge < -0.3 is 174 Å². The van der Waals surface area contributed by atoms with Crippen LogP contribution in [0.2, 0.25) is 0 Å². The molecule has 0 aromatic rings. The molecule has 11 aliphatic rings. The summed E-state index contributed by atoms with van der Waals surface area (Å²) in [7, 11) is 0. The number of rotatable bonds is 20. The highest BCUT2D eigenvalue weighted by atomic mass is 16.8. The normalized spacial score (nSPS) is 53.4. The third-order valence-corrected chi connectivity index (χ3v) is 21.8. The molecule has 7 heterocycles. The molecule has 97 heavy (non-hydrogen) atoms. The van der Waals surface area contributed by atoms with Gasteiger partial charge >= 0.3 is 0 Å². The first-order valence-electron chi connectivity index (χ1n) is 32.5. The smallest absolute Gasteiger partial charge is 0.190 e. The molecule has 11 rings (SSSR count). The summed E-state index contributed by atoms with van der Waals surface area (Å²) < 4.78 is 80.3. The molecule has 37 nitrogen and oxygen atoms in total. The second-order valence-corrected chi connectivity index (χ2v) is 27.7. The SMILES string of the molecule is C[C@]12C=CC(=O)C=C1CC[C@@H]1[C@@H]2[C@@H](O)C[C@@]2(C)[C@H]1CC[C@]2(O)C(=O)CO[C@@H]1O[C@@H](CO)[C@@H](O[C@@H]2OC(CO[C@H]3OC[C@@H](O)C(O)[C@@H]3O)[C@@H](O[C@@H]3OC(CO[C@H]4OC[C@@H](O)C(O)C4O)[C@@H](O[C@@H]4OC(CO[C@H]5OC[C@@H](O)C(O)[C@@H]5O)[C@@H](O)C(O)[C@@H]4O)C(O)C3O)C(O)[C@@H]2O)C(O)C1O. The Kier molecular flexibility index (Phi) is 23.6. The van der Waals surface area contributed by atoms with Crippen molar-refractivity contribution in [3.05, 3.63) is 23.8 Å². The van der Waals surface area contributed by atoms with Crippen LogP contribution < -0.4 is 0 Å². The molecule has 0 radical (unpaired) electrons. The van der Waals surface area contributed by atoms with Gasteiger partial charge in [0.1, 0.15) is 165 Å². The van der Waals surface area contributed by atoms with Crippen molar-refractivity contribution in [3.8, 4) is 0 Å². The number of hydrogen-bond donors (Lipinski definition) is 21. The fourth-order valence-electron chi connectivity index (χ4n) is 16.0. The molecule has 13 unspecified atom stereocenters. The van der Waals surface area contributed by atoms with Crippen molar-refractivity contribution in [1.29, 1.82) is 0 Å². The molecule has 37 heteroatoms. The molecular weight excluding hydrogens is 1310 g/mol. The summed E-state index contributed by atoms with van der Waals surface area (Å²) in [5.74, 6) is -1.64. The molecule has 10 fully saturated rings. The van der Waals surface area contributed by atoms with E-state index in [9.17, 15) is 117 Å². The zero-order chi connectivity index (χ0) is 70.2. The molecule has 0 spiro atoms. The first-order chi connectivity index (χ1) is 45.8. The van der Waals surface area contributed by atoms with Crippen molar-refractivity contribution in [2.45, 2.75) is 254 Å². The van der Waals surface area contributed by atoms with Gasteiger partial charge in [-0.3, -0.25) is 9.59 Å². The molecule has 7 saturated heterocycles. The average molecular weight is 1410 g/mol. The van der Waals surface area contributed by atoms with Gasteiger partial charge in [-0.25, -0.2) is 0 Å². The molecule has 4 aliphatic carbocycles. The predicted octanol–water partition coefficient (Wildman–Crippen LogP) is -11.8. The largest absolute Gasteiger partial charge is 0.394 e. The lowest BCUT2D eigenvalue weighted by Crippen LogP contribution is -2.68. The van der Waals surface area contributed by atoms with Gasteiger partial charge in [0, 0.05) is 16.7 Å². The Morgan fingerprint density at radius 1 is 0.485 bits per heavy atom. The lowest BCUT2D eigenvalue weighted by molar-refractivity contribution is -0.394. The predicted molar refractivity (Wildman–Crippen MR) is 305 cm³/mol. The number of allylic oxidation sites excluding steroid dienone is 4. The van der Waals surface area contributed by atoms with Gasteiger partial charge in [0.15, 0.2) is 55.6 Å². The number of hydrogen-bond acceptors (Lipinski definition) is 37. The number of ether oxygens (including phenoxy) is 14. The van der Waals surface area contributed by atoms with Gasteiger partial charge in [0.05, 0.1) is 52.4 Å². The van der Waals surface area contributed by atoms with Crippen molar-refractivity contribution in [2.75, 3.05) is 52.9 Å². The number of ketones is 2. The molecule has 0 amide bonds. The van der Waals surface area contributed by atoms with Crippen LogP contribution in [0.15, 0.2) is 23.8 Å². The van der Waals surface area contributed by atoms with Crippen LogP contribution >= 0.6 is 0 Å². The molecule has 3 saturated carbocycles. The highest BCUT2D eigenvalue weighted by Crippen LogP contribution is 2.67. The maximum atomic E-state index is 14.3. The summed E-state index contributed by atoms with van der Waals surface area (Å²) in [6, 6.07) is 0. The second-order valence-electron chi connectivity index (χ2n) is 27.7. The highest BCUT2D eigenvalue weighted by Gasteiger charge is 2.69. The molecule has 39 atom stereocenters. The van der Waals surface area contributed by atoms with Crippen molar-refractivity contribution < 1.29 is 183 Å². The lowest BCUT2D eigenvalue weighted by Gasteiger charge is -2.59. The summed E-state index contributed by atoms with van der Waals surface area (Å²) in [6.45, 7) is -2.43. The standard InChI is InChI=1S/C60H92O37/c1-58-7-5-20(62)9-19(58)3-4-21-22-6-8-60(83,59(22,2)10-23(63)32(21)58)31(67)18-90-54-45(80)38(73)48(27(11-61)91-54)95-56-46(81)39(74)50(30(93-56)17-89-53-43(78)35(70)26(66)14-86-53)97-57-47(82)40(75)49(29(94-57)16-88-52-42(77)34(69)25(65)13-85-52)96-55-44(79)37(72)36(71)28(92-55)15-87-51-41(76)33(68)24(64)12-84-51/h5,7,9,21-30,32-57,61,63-66,68-83H,3-4,6,8,10-18H2,1-2H3/t21-,22-,23-,24+,25+,26+,27-,28?,29?,30?,32+,33?,34?,35?,36+,37?,38?,39?,40?,41-,42?,43-,44-,45?,46-,47?,48+,49+,50+,51+,52+,53+,54+,55-,56-,57-,58-,59-,60-/m0/s1. The molecule has 0 aromatic carbocycles. The quantitative estimate of drug-likeness (QED) is 0.0538. The van der Waals surface area contributed by atoms with E-state index in [0.29, 0.717) is 19.3 Å². The van der Waals surface area contributed by atoms with Gasteiger partial charge in [0.25, 0.3) is 0 Å². The van der Waals surface area contributed by atoms with Gasteiger partial charge in [-0.15, -0.1) is 0 Å². The minimum absolute atomic E-state index is 0.00416. The number of aliphatic hydroxyl groups excluding tert-OH is 20. The summed E-state index contributed by atoms with van der Waals surface area (Å²) in [5, 5.41) is 232. The minimum atomic E-state index is -2.35. The van der Waals surface area contributed by atoms with Crippen LogP contribution in [0.3, 0.4) is 0 Å². The van der Waals surface area contributed by atoms with Gasteiger partial charge in [-0.2, -0.15) is 0 Å². The molecule has 554 valence electrons. The maximum absolute atomic E-state index is 14.3. The molecule has 7 aliphatic heterocycles. The van der Waals surface area contributed by atoms with E-state index in [1.807, 2.05) is 13.0 Å². The molecular formula is C60H92O37. The number of aliphatic hydroxyl groups is 21. The number of fused-ring (bicyclic) bond motifs is 5. The first-order valence-corrected chi connectivity index (χ1v) is 32.5. The summed E-state index contributed by atoms with van der Waals surface area (Å²) in [6.07, 6.45) is -56.6. The molecule has 21 N–H and O–H groups in total. The summed E-state index contributed by atoms with van der Waals surface area (Å²) in [4.78, 5) is 26.6. The fraction of sp³-hybridized carbons (Fsp3) is 0.900. The molecule has 0 bridgehead atoms. The minimum Gasteiger partial charge on any atom is -0.394 e. The Bertz CT molecular complexity index is 2730. The van der Waals surface area contributed by atoms with Crippen molar-refractivity contribution >= 4 is 11.6 Å². The third-order valence-electron chi connectivity index (χ3n) is 21.8. The highest BCUT2D eigenvalue weighted by molar-refractivity contribution is 6.01. The summed E-state index contributed by atoms with van der Waals surface area (Å²) >= 11 is 0. The third kappa shape index (κ3) is 14.3. The van der Waals surface area contributed by atoms with E-state index >= 15 is 0 Å². The van der Waals surface area contributed by atoms with Crippen molar-refractivity contribution in [2.24, 2.45) is 28.6 Å². The van der Waals surface area contributed by atoms with E-state index in [4.69, 9.17) is 66.3 Å². The number of carbonyl (C=O) groups excluding carboxylic acids is 2. The Morgan fingerprint density at radius 2 is 0.897 bits per heavy atom. The first kappa shape index (κ1) is 75.6. The number of Topliss-reactive ketones (excluding diaryl/α,β-unsaturated/α-hetero) is 1. The topological polar surface area (TPSA) is 588 Å². The van der Waals surface area contributed by atoms with E-state index in [0.717, 1.165) is 5.57 Å². The Labute approximate surface area is 552 Å². The van der Waals surface area contributed by atoms with Crippen LogP contribution in [0.1, 0.15) is 46.0 Å². The van der Waals surface area contributed by atoms with Gasteiger partial charge in [-0.05, 0) is 56.1 Å². The van der Waals surface area contributed by atoms with Crippen molar-refractivity contribution in [3.63, 3.8) is 0 Å². The van der Waals surface area contributed by atoms with Crippen LogP contribution in [0.4, 0.5) is 0 Å². The van der Waals surface area contributed by atoms with E-state index in [2.05, 4.69) is 0 Å². The Morgan fingerprint density at radius 3 is 1.37 bits per heavy atom. The monoisotopic (exact) mass is 1400 g/mol. The van der Waals surface area contributed by atoms with E-state index in [1.165, 1.54) is 6.08 Å². The second kappa shape index (κ2) is 30.2. The van der Waals surface area contributed by atoms with Crippen LogP contribution in [-0.4, -0.2) is 380 Å². The van der Waals surface area contributed by atoms with E-state index < -0.39 is 278 Å². The van der Waals surface area contributed by atoms with Crippen LogP contribution in [0.25, 0.3) is 0 Å². The average Bonchev–Trinajstić information content (AvgIpc) is 1.62. The zero-order valence-corrected chi connectivity index (χ0v) is 52.6. The van der Waals surface area contributed by atoms with Crippen LogP contribution in [0, 0.1) is 28.6 Å². The maximum Gasteiger partial charge on any atom is 0.190 e.